The van der Waals surface area contributed by atoms with Crippen LogP contribution in [-0.4, -0.2) is 74.0 Å². The summed E-state index contributed by atoms with van der Waals surface area (Å²) in [6, 6.07) is 10.2. The number of nitrogens with one attached hydrogen (secondary N) is 1. The van der Waals surface area contributed by atoms with Crippen LogP contribution < -0.4 is 19.9 Å². The van der Waals surface area contributed by atoms with Crippen molar-refractivity contribution in [1.82, 2.24) is 15.3 Å². The molecule has 2 heterocycles. The van der Waals surface area contributed by atoms with Crippen LogP contribution in [-0.2, 0) is 0 Å². The highest BCUT2D eigenvalue weighted by Crippen LogP contribution is 2.34. The minimum absolute atomic E-state index is 0.0315. The lowest BCUT2D eigenvalue weighted by Gasteiger charge is -2.38. The fraction of sp³-hybridized carbons (Fsp3) is 0.655. The van der Waals surface area contributed by atoms with Gasteiger partial charge in [-0.3, -0.25) is 0 Å². The van der Waals surface area contributed by atoms with E-state index in [1.165, 1.54) is 19.3 Å². The SMILES string of the molecule is CNCC(O)COc1cccc(-c2nc(N3CCC(CC(F)F)[C@@H](C)C3)cc(N(C)C3CCCCC3)n2)c1. The molecule has 0 spiro atoms. The third-order valence-corrected chi connectivity index (χ3v) is 8.05. The Bertz CT molecular complexity index is 1020. The van der Waals surface area contributed by atoms with Gasteiger partial charge < -0.3 is 25.0 Å². The Morgan fingerprint density at radius 3 is 2.66 bits per heavy atom. The van der Waals surface area contributed by atoms with Gasteiger partial charge in [-0.05, 0) is 50.3 Å². The number of halogens is 2. The van der Waals surface area contributed by atoms with E-state index in [1.54, 1.807) is 7.05 Å². The summed E-state index contributed by atoms with van der Waals surface area (Å²) in [5.74, 6) is 3.18. The lowest BCUT2D eigenvalue weighted by molar-refractivity contribution is 0.0930. The first-order valence-electron chi connectivity index (χ1n) is 14.0. The average Bonchev–Trinajstić information content (AvgIpc) is 2.93. The lowest BCUT2D eigenvalue weighted by atomic mass is 9.84. The number of aliphatic hydroxyl groups excluding tert-OH is 1. The van der Waals surface area contributed by atoms with Crippen LogP contribution in [0.1, 0.15) is 51.9 Å². The van der Waals surface area contributed by atoms with E-state index in [1.807, 2.05) is 24.3 Å². The molecule has 1 aromatic heterocycles. The van der Waals surface area contributed by atoms with Gasteiger partial charge in [-0.15, -0.1) is 0 Å². The Balaban J connectivity index is 1.61. The molecule has 210 valence electrons. The fourth-order valence-electron chi connectivity index (χ4n) is 5.74. The number of ether oxygens (including phenoxy) is 1. The first-order valence-corrected chi connectivity index (χ1v) is 14.0. The van der Waals surface area contributed by atoms with Crippen LogP contribution in [0.4, 0.5) is 20.4 Å². The van der Waals surface area contributed by atoms with E-state index < -0.39 is 12.5 Å². The smallest absolute Gasteiger partial charge is 0.238 e. The number of nitrogens with zero attached hydrogens (tertiary/aromatic N) is 4. The minimum Gasteiger partial charge on any atom is -0.491 e. The zero-order valence-corrected chi connectivity index (χ0v) is 23.0. The van der Waals surface area contributed by atoms with Crippen molar-refractivity contribution in [3.05, 3.63) is 30.3 Å². The molecule has 7 nitrogen and oxygen atoms in total. The average molecular weight is 532 g/mol. The van der Waals surface area contributed by atoms with Crippen molar-refractivity contribution in [3.63, 3.8) is 0 Å². The molecule has 2 aromatic rings. The first kappa shape index (κ1) is 28.5. The summed E-state index contributed by atoms with van der Waals surface area (Å²) < 4.78 is 32.0. The van der Waals surface area contributed by atoms with Gasteiger partial charge in [-0.1, -0.05) is 38.3 Å². The first-order chi connectivity index (χ1) is 18.3. The predicted octanol–water partition coefficient (Wildman–Crippen LogP) is 4.99. The second kappa shape index (κ2) is 13.5. The Hall–Kier alpha value is -2.52. The molecular weight excluding hydrogens is 488 g/mol. The van der Waals surface area contributed by atoms with Crippen LogP contribution >= 0.6 is 0 Å². The molecule has 2 N–H and O–H groups in total. The van der Waals surface area contributed by atoms with Gasteiger partial charge in [0.2, 0.25) is 6.43 Å². The van der Waals surface area contributed by atoms with Gasteiger partial charge >= 0.3 is 0 Å². The Morgan fingerprint density at radius 2 is 1.95 bits per heavy atom. The molecule has 1 aromatic carbocycles. The Labute approximate surface area is 225 Å². The summed E-state index contributed by atoms with van der Waals surface area (Å²) in [4.78, 5) is 14.5. The maximum absolute atomic E-state index is 13.1. The van der Waals surface area contributed by atoms with Gasteiger partial charge in [-0.2, -0.15) is 0 Å². The molecule has 0 radical (unpaired) electrons. The van der Waals surface area contributed by atoms with Gasteiger partial charge in [0.15, 0.2) is 5.82 Å². The summed E-state index contributed by atoms with van der Waals surface area (Å²) in [5.41, 5.74) is 0.839. The largest absolute Gasteiger partial charge is 0.491 e. The third-order valence-electron chi connectivity index (χ3n) is 8.05. The van der Waals surface area contributed by atoms with Crippen molar-refractivity contribution in [2.24, 2.45) is 11.8 Å². The van der Waals surface area contributed by atoms with Crippen LogP contribution in [0.25, 0.3) is 11.4 Å². The van der Waals surface area contributed by atoms with Crippen LogP contribution in [0, 0.1) is 11.8 Å². The number of aliphatic hydroxyl groups is 1. The molecule has 1 aliphatic carbocycles. The van der Waals surface area contributed by atoms with Gasteiger partial charge in [-0.25, -0.2) is 18.7 Å². The standard InChI is InChI=1S/C29H43F2N5O2/c1-20-18-36(13-12-21(20)15-26(30)31)28-16-27(35(3)23-9-5-4-6-10-23)33-29(34-28)22-8-7-11-25(14-22)38-19-24(37)17-32-2/h7-8,11,14,16,20-21,23-24,26,32,37H,4-6,9-10,12-13,15,17-19H2,1-3H3/t20-,21?,24?/m0/s1. The molecule has 2 unspecified atom stereocenters. The normalized spacial score (nSPS) is 21.5. The van der Waals surface area contributed by atoms with Crippen LogP contribution in [0.2, 0.25) is 0 Å². The zero-order valence-electron chi connectivity index (χ0n) is 23.0. The van der Waals surface area contributed by atoms with E-state index in [2.05, 4.69) is 35.2 Å². The van der Waals surface area contributed by atoms with Gasteiger partial charge in [0.05, 0.1) is 0 Å². The highest BCUT2D eigenvalue weighted by molar-refractivity contribution is 5.64. The monoisotopic (exact) mass is 531 g/mol. The van der Waals surface area contributed by atoms with E-state index in [0.717, 1.165) is 36.5 Å². The quantitative estimate of drug-likeness (QED) is 0.423. The number of rotatable bonds is 11. The molecule has 38 heavy (non-hydrogen) atoms. The number of benzene rings is 1. The number of aromatic nitrogens is 2. The Kier molecular flexibility index (Phi) is 10.1. The summed E-state index contributed by atoms with van der Waals surface area (Å²) in [6.45, 7) is 4.12. The van der Waals surface area contributed by atoms with E-state index in [0.29, 0.717) is 37.3 Å². The lowest BCUT2D eigenvalue weighted by Crippen LogP contribution is -2.40. The number of piperidine rings is 1. The zero-order chi connectivity index (χ0) is 27.1. The third kappa shape index (κ3) is 7.53. The minimum atomic E-state index is -2.26. The van der Waals surface area contributed by atoms with Gasteiger partial charge in [0.1, 0.15) is 30.1 Å². The van der Waals surface area contributed by atoms with Gasteiger partial charge in [0, 0.05) is 50.8 Å². The van der Waals surface area contributed by atoms with E-state index in [-0.39, 0.29) is 24.9 Å². The summed E-state index contributed by atoms with van der Waals surface area (Å²) >= 11 is 0. The molecule has 1 saturated carbocycles. The molecule has 1 saturated heterocycles. The van der Waals surface area contributed by atoms with Crippen molar-refractivity contribution >= 4 is 11.6 Å². The van der Waals surface area contributed by atoms with Crippen molar-refractivity contribution in [1.29, 1.82) is 0 Å². The topological polar surface area (TPSA) is 73.8 Å². The molecule has 3 atom stereocenters. The van der Waals surface area contributed by atoms with Crippen molar-refractivity contribution in [2.75, 3.05) is 50.1 Å². The Morgan fingerprint density at radius 1 is 1.16 bits per heavy atom. The fourth-order valence-corrected chi connectivity index (χ4v) is 5.74. The number of anilines is 2. The van der Waals surface area contributed by atoms with Crippen LogP contribution in [0.3, 0.4) is 0 Å². The molecular formula is C29H43F2N5O2. The molecule has 0 bridgehead atoms. The van der Waals surface area contributed by atoms with Crippen LogP contribution in [0.15, 0.2) is 30.3 Å². The van der Waals surface area contributed by atoms with Gasteiger partial charge in [0.25, 0.3) is 0 Å². The predicted molar refractivity (Wildman–Crippen MR) is 148 cm³/mol. The molecule has 2 fully saturated rings. The molecule has 4 rings (SSSR count). The number of alkyl halides is 2. The van der Waals surface area contributed by atoms with Crippen molar-refractivity contribution in [2.45, 2.75) is 70.4 Å². The maximum atomic E-state index is 13.1. The number of likely N-dealkylation sites (N-methyl/N-ethyl adjacent to an activating group) is 1. The van der Waals surface area contributed by atoms with E-state index in [4.69, 9.17) is 14.7 Å². The van der Waals surface area contributed by atoms with Crippen molar-refractivity contribution in [3.8, 4) is 17.1 Å². The number of hydrogen-bond acceptors (Lipinski definition) is 7. The highest BCUT2D eigenvalue weighted by atomic mass is 19.3. The number of hydrogen-bond donors (Lipinski definition) is 2. The van der Waals surface area contributed by atoms with Crippen molar-refractivity contribution < 1.29 is 18.6 Å². The maximum Gasteiger partial charge on any atom is 0.238 e. The molecule has 9 heteroatoms. The molecule has 1 aliphatic heterocycles. The van der Waals surface area contributed by atoms with E-state index in [9.17, 15) is 13.9 Å². The summed E-state index contributed by atoms with van der Waals surface area (Å²) in [5, 5.41) is 13.0. The second-order valence-corrected chi connectivity index (χ2v) is 11.0. The molecule has 0 amide bonds. The summed E-state index contributed by atoms with van der Waals surface area (Å²) in [6.07, 6.45) is 3.89. The highest BCUT2D eigenvalue weighted by Gasteiger charge is 2.30. The second-order valence-electron chi connectivity index (χ2n) is 11.0. The van der Waals surface area contributed by atoms with E-state index >= 15 is 0 Å². The van der Waals surface area contributed by atoms with Crippen LogP contribution in [0.5, 0.6) is 5.75 Å². The summed E-state index contributed by atoms with van der Waals surface area (Å²) in [7, 11) is 3.91. The molecule has 2 aliphatic rings.